The van der Waals surface area contributed by atoms with Gasteiger partial charge in [0.1, 0.15) is 17.8 Å². The number of nitrogens with two attached hydrogens (primary N) is 1. The van der Waals surface area contributed by atoms with E-state index in [1.807, 2.05) is 42.5 Å². The van der Waals surface area contributed by atoms with Gasteiger partial charge < -0.3 is 16.0 Å². The van der Waals surface area contributed by atoms with E-state index in [2.05, 4.69) is 45.4 Å². The molecule has 0 aliphatic carbocycles. The zero-order valence-electron chi connectivity index (χ0n) is 13.9. The highest BCUT2D eigenvalue weighted by Crippen LogP contribution is 2.29. The van der Waals surface area contributed by atoms with Crippen molar-refractivity contribution in [1.29, 1.82) is 0 Å². The predicted octanol–water partition coefficient (Wildman–Crippen LogP) is 4.38. The molecule has 0 aliphatic rings. The summed E-state index contributed by atoms with van der Waals surface area (Å²) in [5.41, 5.74) is 10.6. The lowest BCUT2D eigenvalue weighted by molar-refractivity contribution is 0.876. The molecule has 2 aromatic heterocycles. The second-order valence-electron chi connectivity index (χ2n) is 6.07. The zero-order chi connectivity index (χ0) is 17.2. The van der Waals surface area contributed by atoms with E-state index in [4.69, 9.17) is 5.73 Å². The van der Waals surface area contributed by atoms with Crippen molar-refractivity contribution in [2.45, 2.75) is 13.0 Å². The Hall–Kier alpha value is -3.34. The van der Waals surface area contributed by atoms with Crippen LogP contribution in [0.2, 0.25) is 0 Å². The van der Waals surface area contributed by atoms with Crippen LogP contribution in [-0.2, 0) is 0 Å². The minimum absolute atomic E-state index is 0.144. The Bertz CT molecular complexity index is 1010. The Kier molecular flexibility index (Phi) is 3.82. The molecule has 0 fully saturated rings. The van der Waals surface area contributed by atoms with E-state index in [-0.39, 0.29) is 6.04 Å². The van der Waals surface area contributed by atoms with Crippen molar-refractivity contribution >= 4 is 22.5 Å². The molecule has 1 atom stereocenters. The largest absolute Gasteiger partial charge is 0.399 e. The number of aromatic amines is 1. The smallest absolute Gasteiger partial charge is 0.143 e. The van der Waals surface area contributed by atoms with Crippen LogP contribution in [0.25, 0.3) is 22.3 Å². The molecule has 5 heteroatoms. The topological polar surface area (TPSA) is 79.6 Å². The van der Waals surface area contributed by atoms with Crippen molar-refractivity contribution < 1.29 is 0 Å². The van der Waals surface area contributed by atoms with E-state index in [0.29, 0.717) is 0 Å². The van der Waals surface area contributed by atoms with E-state index < -0.39 is 0 Å². The minimum Gasteiger partial charge on any atom is -0.399 e. The van der Waals surface area contributed by atoms with Gasteiger partial charge in [-0.05, 0) is 30.7 Å². The number of hydrogen-bond acceptors (Lipinski definition) is 4. The average Bonchev–Trinajstić information content (AvgIpc) is 3.08. The highest BCUT2D eigenvalue weighted by molar-refractivity contribution is 5.91. The molecule has 0 amide bonds. The first-order chi connectivity index (χ1) is 12.2. The maximum absolute atomic E-state index is 5.90. The Morgan fingerprint density at radius 3 is 2.64 bits per heavy atom. The molecule has 0 radical (unpaired) electrons. The molecule has 4 rings (SSSR count). The Morgan fingerprint density at radius 1 is 1.00 bits per heavy atom. The summed E-state index contributed by atoms with van der Waals surface area (Å²) >= 11 is 0. The summed E-state index contributed by atoms with van der Waals surface area (Å²) in [6, 6.07) is 20.3. The van der Waals surface area contributed by atoms with Gasteiger partial charge in [-0.25, -0.2) is 9.97 Å². The third-order valence-electron chi connectivity index (χ3n) is 4.28. The number of nitrogens with zero attached hydrogens (tertiary/aromatic N) is 2. The highest BCUT2D eigenvalue weighted by atomic mass is 15.1. The standard InChI is InChI=1S/C20H19N5/c1-13(14-6-3-2-4-7-14)24-19-17-11-18(25-20(17)23-12-22-19)15-8-5-9-16(21)10-15/h2-13H,21H2,1H3,(H2,22,23,24,25). The predicted molar refractivity (Wildman–Crippen MR) is 102 cm³/mol. The van der Waals surface area contributed by atoms with E-state index in [9.17, 15) is 0 Å². The number of fused-ring (bicyclic) bond motifs is 1. The quantitative estimate of drug-likeness (QED) is 0.485. The van der Waals surface area contributed by atoms with Gasteiger partial charge >= 0.3 is 0 Å². The molecule has 2 heterocycles. The monoisotopic (exact) mass is 329 g/mol. The van der Waals surface area contributed by atoms with Crippen molar-refractivity contribution in [3.8, 4) is 11.3 Å². The van der Waals surface area contributed by atoms with Crippen molar-refractivity contribution in [3.05, 3.63) is 72.6 Å². The fourth-order valence-electron chi connectivity index (χ4n) is 2.95. The van der Waals surface area contributed by atoms with E-state index in [1.165, 1.54) is 5.56 Å². The molecule has 0 spiro atoms. The van der Waals surface area contributed by atoms with Crippen LogP contribution in [-0.4, -0.2) is 15.0 Å². The molecule has 1 unspecified atom stereocenters. The van der Waals surface area contributed by atoms with Crippen molar-refractivity contribution in [1.82, 2.24) is 15.0 Å². The molecule has 4 aromatic rings. The SMILES string of the molecule is CC(Nc1ncnc2[nH]c(-c3cccc(N)c3)cc12)c1ccccc1. The number of hydrogen-bond donors (Lipinski definition) is 3. The number of nitrogen functional groups attached to an aromatic ring is 1. The van der Waals surface area contributed by atoms with Crippen LogP contribution in [0, 0.1) is 0 Å². The van der Waals surface area contributed by atoms with Gasteiger partial charge in [0.05, 0.1) is 5.39 Å². The van der Waals surface area contributed by atoms with Crippen LogP contribution in [0.1, 0.15) is 18.5 Å². The van der Waals surface area contributed by atoms with Crippen LogP contribution < -0.4 is 11.1 Å². The van der Waals surface area contributed by atoms with Crippen LogP contribution in [0.4, 0.5) is 11.5 Å². The third-order valence-corrected chi connectivity index (χ3v) is 4.28. The molecule has 4 N–H and O–H groups in total. The second-order valence-corrected chi connectivity index (χ2v) is 6.07. The maximum Gasteiger partial charge on any atom is 0.143 e. The number of anilines is 2. The lowest BCUT2D eigenvalue weighted by Gasteiger charge is -2.15. The zero-order valence-corrected chi connectivity index (χ0v) is 13.9. The van der Waals surface area contributed by atoms with Gasteiger partial charge in [0, 0.05) is 23.0 Å². The van der Waals surface area contributed by atoms with Crippen LogP contribution in [0.3, 0.4) is 0 Å². The summed E-state index contributed by atoms with van der Waals surface area (Å²) < 4.78 is 0. The van der Waals surface area contributed by atoms with Gasteiger partial charge in [-0.3, -0.25) is 0 Å². The number of nitrogens with one attached hydrogen (secondary N) is 2. The van der Waals surface area contributed by atoms with E-state index >= 15 is 0 Å². The van der Waals surface area contributed by atoms with Crippen LogP contribution in [0.5, 0.6) is 0 Å². The van der Waals surface area contributed by atoms with E-state index in [1.54, 1.807) is 6.33 Å². The second kappa shape index (κ2) is 6.28. The molecule has 124 valence electrons. The fourth-order valence-corrected chi connectivity index (χ4v) is 2.95. The van der Waals surface area contributed by atoms with E-state index in [0.717, 1.165) is 33.8 Å². The van der Waals surface area contributed by atoms with Crippen molar-refractivity contribution in [3.63, 3.8) is 0 Å². The Labute approximate surface area is 145 Å². The van der Waals surface area contributed by atoms with Crippen molar-refractivity contribution in [2.75, 3.05) is 11.1 Å². The first-order valence-electron chi connectivity index (χ1n) is 8.22. The summed E-state index contributed by atoms with van der Waals surface area (Å²) in [6.45, 7) is 2.12. The van der Waals surface area contributed by atoms with Gasteiger partial charge in [-0.2, -0.15) is 0 Å². The molecular formula is C20H19N5. The molecular weight excluding hydrogens is 310 g/mol. The normalized spacial score (nSPS) is 12.2. The summed E-state index contributed by atoms with van der Waals surface area (Å²) in [7, 11) is 0. The minimum atomic E-state index is 0.144. The molecule has 0 saturated heterocycles. The molecule has 5 nitrogen and oxygen atoms in total. The molecule has 25 heavy (non-hydrogen) atoms. The molecule has 2 aromatic carbocycles. The van der Waals surface area contributed by atoms with Gasteiger partial charge in [0.25, 0.3) is 0 Å². The first-order valence-corrected chi connectivity index (χ1v) is 8.22. The third kappa shape index (κ3) is 3.04. The molecule has 0 bridgehead atoms. The lowest BCUT2D eigenvalue weighted by Crippen LogP contribution is -2.08. The van der Waals surface area contributed by atoms with Gasteiger partial charge in [0.15, 0.2) is 0 Å². The van der Waals surface area contributed by atoms with Gasteiger partial charge in [0.2, 0.25) is 0 Å². The highest BCUT2D eigenvalue weighted by Gasteiger charge is 2.12. The average molecular weight is 329 g/mol. The maximum atomic E-state index is 5.90. The van der Waals surface area contributed by atoms with Gasteiger partial charge in [-0.1, -0.05) is 42.5 Å². The summed E-state index contributed by atoms with van der Waals surface area (Å²) in [4.78, 5) is 12.1. The van der Waals surface area contributed by atoms with Crippen molar-refractivity contribution in [2.24, 2.45) is 0 Å². The molecule has 0 aliphatic heterocycles. The summed E-state index contributed by atoms with van der Waals surface area (Å²) in [5.74, 6) is 0.813. The number of benzene rings is 2. The number of H-pyrrole nitrogens is 1. The fraction of sp³-hybridized carbons (Fsp3) is 0.100. The number of aromatic nitrogens is 3. The van der Waals surface area contributed by atoms with Crippen LogP contribution >= 0.6 is 0 Å². The lowest BCUT2D eigenvalue weighted by atomic mass is 10.1. The Morgan fingerprint density at radius 2 is 1.84 bits per heavy atom. The first kappa shape index (κ1) is 15.2. The summed E-state index contributed by atoms with van der Waals surface area (Å²) in [5, 5.41) is 4.44. The van der Waals surface area contributed by atoms with Gasteiger partial charge in [-0.15, -0.1) is 0 Å². The Balaban J connectivity index is 1.70. The summed E-state index contributed by atoms with van der Waals surface area (Å²) in [6.07, 6.45) is 1.57. The van der Waals surface area contributed by atoms with Crippen LogP contribution in [0.15, 0.2) is 67.0 Å². The molecule has 0 saturated carbocycles. The number of rotatable bonds is 4.